The van der Waals surface area contributed by atoms with Crippen molar-refractivity contribution < 1.29 is 9.53 Å². The van der Waals surface area contributed by atoms with E-state index >= 15 is 0 Å². The number of hydrogen-bond donors (Lipinski definition) is 1. The van der Waals surface area contributed by atoms with Crippen LogP contribution in [0.15, 0.2) is 22.7 Å². The molecule has 0 unspecified atom stereocenters. The second-order valence-electron chi connectivity index (χ2n) is 5.39. The molecule has 3 nitrogen and oxygen atoms in total. The van der Waals surface area contributed by atoms with E-state index in [1.807, 2.05) is 52.8 Å². The summed E-state index contributed by atoms with van der Waals surface area (Å²) < 4.78 is 6.22. The van der Waals surface area contributed by atoms with Crippen LogP contribution < -0.4 is 5.32 Å². The van der Waals surface area contributed by atoms with Crippen LogP contribution in [0.2, 0.25) is 0 Å². The number of carbonyl (C=O) groups is 1. The Kier molecular flexibility index (Phi) is 4.79. The summed E-state index contributed by atoms with van der Waals surface area (Å²) in [5.74, 6) is 0. The molecule has 1 amide bonds. The van der Waals surface area contributed by atoms with Crippen molar-refractivity contribution in [1.82, 2.24) is 5.32 Å². The average molecular weight is 314 g/mol. The number of amides is 1. The lowest BCUT2D eigenvalue weighted by molar-refractivity contribution is 0.0508. The van der Waals surface area contributed by atoms with E-state index in [-0.39, 0.29) is 6.04 Å². The third kappa shape index (κ3) is 4.69. The van der Waals surface area contributed by atoms with Crippen molar-refractivity contribution in [3.63, 3.8) is 0 Å². The fourth-order valence-corrected chi connectivity index (χ4v) is 2.38. The molecule has 100 valence electrons. The second kappa shape index (κ2) is 5.74. The van der Waals surface area contributed by atoms with Gasteiger partial charge in [0.25, 0.3) is 0 Å². The predicted octanol–water partition coefficient (Wildman–Crippen LogP) is 4.34. The van der Waals surface area contributed by atoms with Crippen LogP contribution in [0.5, 0.6) is 0 Å². The van der Waals surface area contributed by atoms with Gasteiger partial charge in [-0.3, -0.25) is 0 Å². The van der Waals surface area contributed by atoms with E-state index in [1.54, 1.807) is 0 Å². The Balaban J connectivity index is 2.71. The highest BCUT2D eigenvalue weighted by Crippen LogP contribution is 2.24. The average Bonchev–Trinajstić information content (AvgIpc) is 2.13. The van der Waals surface area contributed by atoms with Gasteiger partial charge in [-0.2, -0.15) is 0 Å². The largest absolute Gasteiger partial charge is 0.444 e. The number of hydrogen-bond acceptors (Lipinski definition) is 2. The lowest BCUT2D eigenvalue weighted by Crippen LogP contribution is -2.34. The van der Waals surface area contributed by atoms with Crippen LogP contribution in [0, 0.1) is 6.92 Å². The molecule has 0 aromatic heterocycles. The molecule has 0 fully saturated rings. The fourth-order valence-electron chi connectivity index (χ4n) is 1.55. The van der Waals surface area contributed by atoms with Crippen LogP contribution >= 0.6 is 15.9 Å². The van der Waals surface area contributed by atoms with Gasteiger partial charge in [0.1, 0.15) is 5.60 Å². The van der Waals surface area contributed by atoms with Gasteiger partial charge >= 0.3 is 6.09 Å². The molecule has 0 aliphatic heterocycles. The van der Waals surface area contributed by atoms with Crippen molar-refractivity contribution in [2.45, 2.75) is 46.3 Å². The first-order chi connectivity index (χ1) is 8.19. The Bertz CT molecular complexity index is 438. The maximum absolute atomic E-state index is 11.7. The highest BCUT2D eigenvalue weighted by molar-refractivity contribution is 9.10. The SMILES string of the molecule is Cc1ccc([C@H](C)NC(=O)OC(C)(C)C)c(Br)c1. The summed E-state index contributed by atoms with van der Waals surface area (Å²) in [7, 11) is 0. The topological polar surface area (TPSA) is 38.3 Å². The van der Waals surface area contributed by atoms with E-state index < -0.39 is 11.7 Å². The Hall–Kier alpha value is -1.03. The minimum Gasteiger partial charge on any atom is -0.444 e. The lowest BCUT2D eigenvalue weighted by atomic mass is 10.1. The molecule has 1 N–H and O–H groups in total. The van der Waals surface area contributed by atoms with Crippen molar-refractivity contribution in [3.05, 3.63) is 33.8 Å². The van der Waals surface area contributed by atoms with Crippen molar-refractivity contribution in [3.8, 4) is 0 Å². The van der Waals surface area contributed by atoms with Crippen LogP contribution in [0.1, 0.15) is 44.9 Å². The van der Waals surface area contributed by atoms with Crippen molar-refractivity contribution >= 4 is 22.0 Å². The van der Waals surface area contributed by atoms with Crippen molar-refractivity contribution in [1.29, 1.82) is 0 Å². The molecule has 0 saturated carbocycles. The smallest absolute Gasteiger partial charge is 0.408 e. The summed E-state index contributed by atoms with van der Waals surface area (Å²) in [5, 5.41) is 2.82. The first-order valence-electron chi connectivity index (χ1n) is 5.94. The fraction of sp³-hybridized carbons (Fsp3) is 0.500. The van der Waals surface area contributed by atoms with Crippen molar-refractivity contribution in [2.75, 3.05) is 0 Å². The van der Waals surface area contributed by atoms with Gasteiger partial charge in [-0.25, -0.2) is 4.79 Å². The van der Waals surface area contributed by atoms with Crippen LogP contribution in [0.4, 0.5) is 4.79 Å². The molecule has 0 aliphatic rings. The highest BCUT2D eigenvalue weighted by Gasteiger charge is 2.19. The third-order valence-corrected chi connectivity index (χ3v) is 3.04. The standard InChI is InChI=1S/C14H20BrNO2/c1-9-6-7-11(12(15)8-9)10(2)16-13(17)18-14(3,4)5/h6-8,10H,1-5H3,(H,16,17)/t10-/m0/s1. The van der Waals surface area contributed by atoms with Crippen LogP contribution in [0.3, 0.4) is 0 Å². The number of rotatable bonds is 2. The zero-order valence-electron chi connectivity index (χ0n) is 11.5. The summed E-state index contributed by atoms with van der Waals surface area (Å²) >= 11 is 3.51. The van der Waals surface area contributed by atoms with E-state index in [9.17, 15) is 4.79 Å². The summed E-state index contributed by atoms with van der Waals surface area (Å²) in [5.41, 5.74) is 1.73. The van der Waals surface area contributed by atoms with Crippen molar-refractivity contribution in [2.24, 2.45) is 0 Å². The molecule has 0 spiro atoms. The number of aryl methyl sites for hydroxylation is 1. The van der Waals surface area contributed by atoms with E-state index in [2.05, 4.69) is 21.2 Å². The molecule has 0 aliphatic carbocycles. The predicted molar refractivity (Wildman–Crippen MR) is 76.7 cm³/mol. The number of halogens is 1. The number of carbonyl (C=O) groups excluding carboxylic acids is 1. The third-order valence-electron chi connectivity index (χ3n) is 2.36. The van der Waals surface area contributed by atoms with Gasteiger partial charge < -0.3 is 10.1 Å². The summed E-state index contributed by atoms with van der Waals surface area (Å²) in [4.78, 5) is 11.7. The minimum absolute atomic E-state index is 0.102. The molecule has 18 heavy (non-hydrogen) atoms. The normalized spacial score (nSPS) is 13.0. The van der Waals surface area contributed by atoms with E-state index in [4.69, 9.17) is 4.74 Å². The first kappa shape index (κ1) is 15.0. The summed E-state index contributed by atoms with van der Waals surface area (Å²) in [6.07, 6.45) is -0.400. The zero-order valence-corrected chi connectivity index (χ0v) is 13.1. The molecule has 4 heteroatoms. The zero-order chi connectivity index (χ0) is 13.9. The number of alkyl carbamates (subject to hydrolysis) is 1. The van der Waals surface area contributed by atoms with Gasteiger partial charge in [0, 0.05) is 4.47 Å². The Labute approximate surface area is 117 Å². The summed E-state index contributed by atoms with van der Waals surface area (Å²) in [6.45, 7) is 9.50. The van der Waals surface area contributed by atoms with Gasteiger partial charge in [0.15, 0.2) is 0 Å². The molecular weight excluding hydrogens is 294 g/mol. The molecule has 0 radical (unpaired) electrons. The maximum Gasteiger partial charge on any atom is 0.408 e. The van der Waals surface area contributed by atoms with E-state index in [0.29, 0.717) is 0 Å². The Morgan fingerprint density at radius 3 is 2.50 bits per heavy atom. The van der Waals surface area contributed by atoms with E-state index in [0.717, 1.165) is 10.0 Å². The Morgan fingerprint density at radius 1 is 1.39 bits per heavy atom. The minimum atomic E-state index is -0.478. The maximum atomic E-state index is 11.7. The molecule has 1 aromatic carbocycles. The van der Waals surface area contributed by atoms with Gasteiger partial charge in [0.05, 0.1) is 6.04 Å². The molecule has 0 bridgehead atoms. The quantitative estimate of drug-likeness (QED) is 0.881. The molecule has 1 rings (SSSR count). The Morgan fingerprint density at radius 2 is 2.00 bits per heavy atom. The van der Waals surface area contributed by atoms with Gasteiger partial charge in [-0.05, 0) is 51.8 Å². The van der Waals surface area contributed by atoms with Gasteiger partial charge in [-0.15, -0.1) is 0 Å². The lowest BCUT2D eigenvalue weighted by Gasteiger charge is -2.22. The highest BCUT2D eigenvalue weighted by atomic mass is 79.9. The molecule has 0 saturated heterocycles. The number of benzene rings is 1. The van der Waals surface area contributed by atoms with Crippen LogP contribution in [-0.4, -0.2) is 11.7 Å². The number of nitrogens with one attached hydrogen (secondary N) is 1. The van der Waals surface area contributed by atoms with Gasteiger partial charge in [0.2, 0.25) is 0 Å². The molecular formula is C14H20BrNO2. The molecule has 0 heterocycles. The monoisotopic (exact) mass is 313 g/mol. The van der Waals surface area contributed by atoms with Gasteiger partial charge in [-0.1, -0.05) is 28.1 Å². The first-order valence-corrected chi connectivity index (χ1v) is 6.74. The van der Waals surface area contributed by atoms with E-state index in [1.165, 1.54) is 5.56 Å². The molecule has 1 atom stereocenters. The second-order valence-corrected chi connectivity index (χ2v) is 6.25. The molecule has 1 aromatic rings. The summed E-state index contributed by atoms with van der Waals surface area (Å²) in [6, 6.07) is 5.95. The van der Waals surface area contributed by atoms with Crippen LogP contribution in [-0.2, 0) is 4.74 Å². The number of ether oxygens (including phenoxy) is 1. The van der Waals surface area contributed by atoms with Crippen LogP contribution in [0.25, 0.3) is 0 Å².